The molecule has 0 spiro atoms. The number of fused-ring (bicyclic) bond motifs is 10. The molecule has 606 valence electrons. The second-order valence-electron chi connectivity index (χ2n) is 27.2. The zero-order valence-electron chi connectivity index (χ0n) is 151. The van der Waals surface area contributed by atoms with Gasteiger partial charge in [0.05, 0.1) is 118 Å². The van der Waals surface area contributed by atoms with Crippen molar-refractivity contribution in [3.8, 4) is 134 Å². The van der Waals surface area contributed by atoms with E-state index >= 15 is 0 Å². The number of benzene rings is 25. The molecule has 0 saturated carbocycles. The van der Waals surface area contributed by atoms with Crippen molar-refractivity contribution < 1.29 is 118 Å². The van der Waals surface area contributed by atoms with Gasteiger partial charge in [0.25, 0.3) is 0 Å². The molecule has 0 N–H and O–H groups in total. The largest absolute Gasteiger partial charge is 0.0636 e. The highest BCUT2D eigenvalue weighted by Crippen LogP contribution is 2.51. The normalized spacial score (nSPS) is 20.6. The first-order valence-electron chi connectivity index (χ1n) is 81.0. The van der Waals surface area contributed by atoms with Crippen LogP contribution in [0.15, 0.2) is 520 Å². The molecule has 0 aliphatic carbocycles. The molecule has 0 heterocycles. The van der Waals surface area contributed by atoms with Crippen LogP contribution in [0.3, 0.4) is 0 Å². The van der Waals surface area contributed by atoms with Crippen LogP contribution in [-0.2, 0) is 0 Å². The Bertz CT molecular complexity index is 14000. The number of hydrogen-bond acceptors (Lipinski definition) is 0. The van der Waals surface area contributed by atoms with Crippen molar-refractivity contribution in [2.45, 2.75) is 0 Å². The Hall–Kier alpha value is -16.9. The quantitative estimate of drug-likeness (QED) is 0.107. The van der Waals surface area contributed by atoms with Gasteiger partial charge in [0, 0.05) is 0 Å². The molecule has 0 bridgehead atoms. The van der Waals surface area contributed by atoms with E-state index in [0.29, 0.717) is 0 Å². The second-order valence-corrected chi connectivity index (χ2v) is 27.2. The number of hydrogen-bond donors (Lipinski definition) is 0. The zero-order valence-corrected chi connectivity index (χ0v) is 65.0. The maximum Gasteiger partial charge on any atom is 0.0636 e. The predicted octanol–water partition coefficient (Wildman–Crippen LogP) is 36.6. The van der Waals surface area contributed by atoms with Crippen molar-refractivity contribution in [1.82, 2.24) is 0 Å². The van der Waals surface area contributed by atoms with Gasteiger partial charge in [-0.1, -0.05) is 502 Å². The maximum absolute atomic E-state index is 10.1. The van der Waals surface area contributed by atoms with Crippen LogP contribution < -0.4 is 0 Å². The average molecular weight is 1730 g/mol. The van der Waals surface area contributed by atoms with Gasteiger partial charge >= 0.3 is 0 Å². The lowest BCUT2D eigenvalue weighted by atomic mass is 9.84. The fourth-order valence-electron chi connectivity index (χ4n) is 14.6. The molecule has 25 rings (SSSR count). The lowest BCUT2D eigenvalue weighted by Gasteiger charge is -2.19. The molecule has 0 aliphatic heterocycles. The van der Waals surface area contributed by atoms with Crippen LogP contribution in [0, 0.1) is 0 Å². The highest BCUT2D eigenvalue weighted by Gasteiger charge is 2.24. The van der Waals surface area contributed by atoms with E-state index in [1.807, 2.05) is 0 Å². The molecule has 0 aliphatic rings. The third-order valence-corrected chi connectivity index (χ3v) is 20.1. The fraction of sp³-hybridized carbons (Fsp3) is 0. The van der Waals surface area contributed by atoms with Crippen molar-refractivity contribution in [3.63, 3.8) is 0 Å². The highest BCUT2D eigenvalue weighted by molar-refractivity contribution is 6.26. The summed E-state index contributed by atoms with van der Waals surface area (Å²) in [6.07, 6.45) is 0. The molecule has 0 unspecified atom stereocenters. The summed E-state index contributed by atoms with van der Waals surface area (Å²) in [4.78, 5) is 0. The molecule has 25 aromatic carbocycles. The first-order chi connectivity index (χ1) is 100. The molecule has 0 heteroatoms. The Kier molecular flexibility index (Phi) is 7.65. The van der Waals surface area contributed by atoms with Crippen LogP contribution in [-0.4, -0.2) is 0 Å². The summed E-state index contributed by atoms with van der Waals surface area (Å²) >= 11 is 0. The van der Waals surface area contributed by atoms with E-state index < -0.39 is 761 Å². The summed E-state index contributed by atoms with van der Waals surface area (Å²) in [6, 6.07) is -85.4. The van der Waals surface area contributed by atoms with Gasteiger partial charge < -0.3 is 0 Å². The van der Waals surface area contributed by atoms with E-state index in [2.05, 4.69) is 0 Å². The molecular weight excluding hydrogens is 1560 g/mol. The summed E-state index contributed by atoms with van der Waals surface area (Å²) < 4.78 is 767. The second kappa shape index (κ2) is 34.2. The van der Waals surface area contributed by atoms with E-state index in [4.69, 9.17) is 80.9 Å². The molecule has 25 aromatic rings. The van der Waals surface area contributed by atoms with Gasteiger partial charge in [-0.2, -0.15) is 0 Å². The van der Waals surface area contributed by atoms with Crippen molar-refractivity contribution in [2.75, 3.05) is 0 Å². The highest BCUT2D eigenvalue weighted by atomic mass is 14.3. The summed E-state index contributed by atoms with van der Waals surface area (Å²) in [6.45, 7) is 0. The van der Waals surface area contributed by atoms with Crippen molar-refractivity contribution >= 4 is 108 Å². The van der Waals surface area contributed by atoms with Crippen LogP contribution >= 0.6 is 0 Å². The lowest BCUT2D eigenvalue weighted by molar-refractivity contribution is 1.62. The van der Waals surface area contributed by atoms with Crippen LogP contribution in [0.1, 0.15) is 118 Å². The standard InChI is InChI=1S/C46H30.2C42H28/c1-2-14-34(15-3-1)46-42-21-9-8-20-41(42)45(35-26-24-33(25-27-35)39-22-10-16-31-12-4-6-18-37(31)39)43-29-28-36(30-44(43)46)40-23-11-17-32-13-5-7-19-38(32)40;1-3-12-29(13-4-1)34-26-27-39-40(28-34)42(32-15-5-2-6-16-32)38-20-10-9-19-37(38)41(39)33-24-22-31(23-25-33)36-21-11-17-30-14-7-8-18-35(30)36;1-3-12-29(13-4-1)34-26-27-39-40(28-34)42(38-20-10-9-19-37(38)41(39)32-15-5-2-6-16-32)33-24-22-31(23-25-33)36-21-11-17-30-14-7-8-18-35(30)36/h1-30H;2*1-28H/i1D,2D,3D,4D,5D,6D,7D,8D,9D,10D,11D,12D,13D,14D,15D,16D,17D,18D,19D,20D,21D,22D,23D,24D,25D,26D,27D,28D,29D,30D;2*1D,2D,3D,4D,5D,6D,7D,8D,9D,10D,11D,12D,13D,14D,15D,16D,17D,18D,19D,20D,21D,22D,23D,24D,25D,26D,27D,28D. The Balaban J connectivity index is 0.000000164. The van der Waals surface area contributed by atoms with Crippen molar-refractivity contribution in [3.05, 3.63) is 520 Å². The minimum Gasteiger partial charge on any atom is -0.0622 e. The molecule has 0 aromatic heterocycles. The summed E-state index contributed by atoms with van der Waals surface area (Å²) in [5.41, 5.74) is -20.2. The monoisotopic (exact) mass is 1730 g/mol. The van der Waals surface area contributed by atoms with Gasteiger partial charge in [-0.05, 0) is 259 Å². The van der Waals surface area contributed by atoms with E-state index in [0.717, 1.165) is 0 Å². The van der Waals surface area contributed by atoms with E-state index in [-0.39, 0.29) is 0 Å². The van der Waals surface area contributed by atoms with E-state index in [1.165, 1.54) is 0 Å². The first kappa shape index (κ1) is 29.1. The SMILES string of the molecule is [2H]c1c([2H])c([2H])c(-c2c([2H])c([2H])c3c(-c4c([2H])c([2H])c(-c5c([2H])c([2H])c([2H])c6c([2H])c([2H])c([2H])c([2H])c56)c([2H])c4[2H])c4c([2H])c([2H])c([2H])c([2H])c4c(-c4c([2H])c([2H])c([2H])c([2H])c4[2H])c3c2[2H])c([2H])c1[2H].[2H]c1c([2H])c([2H])c(-c2c([2H])c([2H])c3c(-c4c([2H])c([2H])c([2H])c([2H])c4[2H])c4c([2H])c([2H])c([2H])c([2H])c4c(-c4c([2H])c([2H])c(-c5c([2H])c([2H])c([2H])c6c([2H])c([2H])c([2H])c([2H])c56)c([2H])c4[2H])c3c2[2H])c([2H])c1[2H].[2H]c1c([2H])c([2H])c(-c2c3c([2H])c([2H])c([2H])c([2H])c3c(-c3c([2H])c([2H])c(-c4c([2H])c([2H])c([2H])c5c([2H])c([2H])c([2H])c([2H])c45)c([2H])c3[2H])c3c([2H])c([2H])c(-c4c([2H])c([2H])c([2H])c5c([2H])c([2H])c([2H])c([2H])c45)c([2H])c23)c([2H])c1[2H]. The Morgan fingerprint density at radius 1 is 0.0923 bits per heavy atom. The van der Waals surface area contributed by atoms with E-state index in [9.17, 15) is 37.0 Å². The minimum atomic E-state index is -1.17. The molecule has 0 radical (unpaired) electrons. The lowest BCUT2D eigenvalue weighted by Crippen LogP contribution is -1.92. The topological polar surface area (TPSA) is 0 Å². The molecule has 0 fully saturated rings. The maximum atomic E-state index is 10.1. The van der Waals surface area contributed by atoms with Crippen molar-refractivity contribution in [2.24, 2.45) is 0 Å². The average Bonchev–Trinajstić information content (AvgIpc) is 0.682. The van der Waals surface area contributed by atoms with Gasteiger partial charge in [0.2, 0.25) is 0 Å². The van der Waals surface area contributed by atoms with Crippen molar-refractivity contribution in [1.29, 1.82) is 0 Å². The third-order valence-electron chi connectivity index (χ3n) is 20.1. The van der Waals surface area contributed by atoms with E-state index in [1.54, 1.807) is 0 Å². The number of rotatable bonds is 12. The minimum absolute atomic E-state index is 0.598. The molecule has 0 amide bonds. The van der Waals surface area contributed by atoms with Gasteiger partial charge in [-0.3, -0.25) is 0 Å². The van der Waals surface area contributed by atoms with Gasteiger partial charge in [-0.25, -0.2) is 0 Å². The predicted molar refractivity (Wildman–Crippen MR) is 560 cm³/mol. The Morgan fingerprint density at radius 3 is 0.515 bits per heavy atom. The fourth-order valence-corrected chi connectivity index (χ4v) is 14.6. The summed E-state index contributed by atoms with van der Waals surface area (Å²) in [7, 11) is 0. The summed E-state index contributed by atoms with van der Waals surface area (Å²) in [5.74, 6) is 0. The zero-order chi connectivity index (χ0) is 161. The van der Waals surface area contributed by atoms with Crippen LogP contribution in [0.5, 0.6) is 0 Å². The molecule has 0 nitrogen and oxygen atoms in total. The third kappa shape index (κ3) is 14.5. The van der Waals surface area contributed by atoms with Crippen LogP contribution in [0.4, 0.5) is 0 Å². The Labute approximate surface area is 878 Å². The Morgan fingerprint density at radius 2 is 0.254 bits per heavy atom. The summed E-state index contributed by atoms with van der Waals surface area (Å²) in [5, 5.41) is -14.9. The first-order valence-corrected chi connectivity index (χ1v) is 38.0. The smallest absolute Gasteiger partial charge is 0.0622 e. The molecule has 0 saturated heterocycles. The van der Waals surface area contributed by atoms with Crippen LogP contribution in [0.2, 0.25) is 0 Å². The molecule has 0 atom stereocenters. The van der Waals surface area contributed by atoms with Gasteiger partial charge in [-0.15, -0.1) is 0 Å². The van der Waals surface area contributed by atoms with Gasteiger partial charge in [0.1, 0.15) is 0 Å². The molecule has 130 heavy (non-hydrogen) atoms. The molecular formula is C130H86. The van der Waals surface area contributed by atoms with Gasteiger partial charge in [0.15, 0.2) is 0 Å². The van der Waals surface area contributed by atoms with Crippen LogP contribution in [0.25, 0.3) is 241 Å².